The highest BCUT2D eigenvalue weighted by atomic mass is 16.5. The molecule has 3 heteroatoms. The molecule has 0 atom stereocenters. The van der Waals surface area contributed by atoms with Gasteiger partial charge in [-0.1, -0.05) is 42.5 Å². The van der Waals surface area contributed by atoms with Crippen LogP contribution < -0.4 is 4.74 Å². The third-order valence-electron chi connectivity index (χ3n) is 2.97. The van der Waals surface area contributed by atoms with E-state index in [-0.39, 0.29) is 0 Å². The van der Waals surface area contributed by atoms with Gasteiger partial charge in [0.15, 0.2) is 0 Å². The maximum absolute atomic E-state index is 5.41. The molecule has 0 aliphatic heterocycles. The first kappa shape index (κ1) is 11.7. The Kier molecular flexibility index (Phi) is 3.11. The van der Waals surface area contributed by atoms with E-state index in [9.17, 15) is 0 Å². The summed E-state index contributed by atoms with van der Waals surface area (Å²) in [5.41, 5.74) is 1.91. The molecule has 1 heterocycles. The topological polar surface area (TPSA) is 35.0 Å². The van der Waals surface area contributed by atoms with Crippen LogP contribution in [0.5, 0.6) is 5.88 Å². The minimum atomic E-state index is 0.563. The van der Waals surface area contributed by atoms with Crippen molar-refractivity contribution in [3.63, 3.8) is 0 Å². The highest BCUT2D eigenvalue weighted by Crippen LogP contribution is 2.27. The molecule has 2 aromatic carbocycles. The van der Waals surface area contributed by atoms with Crippen molar-refractivity contribution in [3.05, 3.63) is 54.9 Å². The molecule has 0 radical (unpaired) electrons. The van der Waals surface area contributed by atoms with Crippen LogP contribution in [0.4, 0.5) is 0 Å². The predicted molar refractivity (Wildman–Crippen MR) is 76.1 cm³/mol. The SMILES string of the molecule is CCOc1cncc(-c2cccc3ccccc23)n1. The largest absolute Gasteiger partial charge is 0.477 e. The van der Waals surface area contributed by atoms with Crippen molar-refractivity contribution < 1.29 is 4.74 Å². The zero-order valence-electron chi connectivity index (χ0n) is 10.7. The Bertz CT molecular complexity index is 704. The molecule has 0 amide bonds. The number of hydrogen-bond acceptors (Lipinski definition) is 3. The van der Waals surface area contributed by atoms with Crippen LogP contribution in [0.25, 0.3) is 22.0 Å². The summed E-state index contributed by atoms with van der Waals surface area (Å²) in [7, 11) is 0. The fourth-order valence-corrected chi connectivity index (χ4v) is 2.14. The number of hydrogen-bond donors (Lipinski definition) is 0. The lowest BCUT2D eigenvalue weighted by Crippen LogP contribution is -1.96. The Morgan fingerprint density at radius 3 is 2.74 bits per heavy atom. The van der Waals surface area contributed by atoms with Gasteiger partial charge >= 0.3 is 0 Å². The molecule has 94 valence electrons. The monoisotopic (exact) mass is 250 g/mol. The van der Waals surface area contributed by atoms with Gasteiger partial charge in [0.1, 0.15) is 0 Å². The van der Waals surface area contributed by atoms with Crippen molar-refractivity contribution in [2.75, 3.05) is 6.61 Å². The van der Waals surface area contributed by atoms with E-state index in [1.54, 1.807) is 12.4 Å². The number of aromatic nitrogens is 2. The molecule has 0 N–H and O–H groups in total. The zero-order chi connectivity index (χ0) is 13.1. The summed E-state index contributed by atoms with van der Waals surface area (Å²) in [6.45, 7) is 2.53. The number of nitrogens with zero attached hydrogens (tertiary/aromatic N) is 2. The van der Waals surface area contributed by atoms with Gasteiger partial charge in [-0.05, 0) is 17.7 Å². The molecule has 3 nitrogen and oxygen atoms in total. The van der Waals surface area contributed by atoms with E-state index in [4.69, 9.17) is 4.74 Å². The number of fused-ring (bicyclic) bond motifs is 1. The first-order valence-corrected chi connectivity index (χ1v) is 6.31. The van der Waals surface area contributed by atoms with Gasteiger partial charge in [0.25, 0.3) is 0 Å². The van der Waals surface area contributed by atoms with Gasteiger partial charge in [-0.2, -0.15) is 0 Å². The molecule has 19 heavy (non-hydrogen) atoms. The second-order valence-corrected chi connectivity index (χ2v) is 4.20. The molecule has 3 rings (SSSR count). The van der Waals surface area contributed by atoms with Crippen molar-refractivity contribution in [2.45, 2.75) is 6.92 Å². The van der Waals surface area contributed by atoms with E-state index in [2.05, 4.69) is 34.2 Å². The van der Waals surface area contributed by atoms with Crippen LogP contribution in [0.1, 0.15) is 6.92 Å². The third-order valence-corrected chi connectivity index (χ3v) is 2.97. The normalized spacial score (nSPS) is 10.6. The summed E-state index contributed by atoms with van der Waals surface area (Å²) < 4.78 is 5.41. The van der Waals surface area contributed by atoms with Gasteiger partial charge in [0.05, 0.1) is 24.7 Å². The van der Waals surface area contributed by atoms with Crippen molar-refractivity contribution in [1.82, 2.24) is 9.97 Å². The van der Waals surface area contributed by atoms with E-state index >= 15 is 0 Å². The minimum Gasteiger partial charge on any atom is -0.477 e. The molecular formula is C16H14N2O. The van der Waals surface area contributed by atoms with Gasteiger partial charge in [-0.25, -0.2) is 4.98 Å². The van der Waals surface area contributed by atoms with E-state index < -0.39 is 0 Å². The maximum atomic E-state index is 5.41. The van der Waals surface area contributed by atoms with Crippen LogP contribution in [0.15, 0.2) is 54.9 Å². The van der Waals surface area contributed by atoms with E-state index in [0.717, 1.165) is 11.3 Å². The van der Waals surface area contributed by atoms with Crippen molar-refractivity contribution in [3.8, 4) is 17.1 Å². The third kappa shape index (κ3) is 2.27. The quantitative estimate of drug-likeness (QED) is 0.711. The summed E-state index contributed by atoms with van der Waals surface area (Å²) in [5, 5.41) is 2.37. The van der Waals surface area contributed by atoms with E-state index in [1.807, 2.05) is 25.1 Å². The van der Waals surface area contributed by atoms with Crippen LogP contribution in [-0.4, -0.2) is 16.6 Å². The second kappa shape index (κ2) is 5.06. The van der Waals surface area contributed by atoms with Crippen molar-refractivity contribution in [2.24, 2.45) is 0 Å². The van der Waals surface area contributed by atoms with Crippen LogP contribution in [0.3, 0.4) is 0 Å². The second-order valence-electron chi connectivity index (χ2n) is 4.20. The average Bonchev–Trinajstić information content (AvgIpc) is 2.47. The van der Waals surface area contributed by atoms with Gasteiger partial charge in [-0.15, -0.1) is 0 Å². The lowest BCUT2D eigenvalue weighted by Gasteiger charge is -2.07. The fraction of sp³-hybridized carbons (Fsp3) is 0.125. The van der Waals surface area contributed by atoms with Crippen LogP contribution in [0.2, 0.25) is 0 Å². The molecule has 0 unspecified atom stereocenters. The maximum Gasteiger partial charge on any atom is 0.232 e. The lowest BCUT2D eigenvalue weighted by molar-refractivity contribution is 0.325. The average molecular weight is 250 g/mol. The lowest BCUT2D eigenvalue weighted by atomic mass is 10.0. The molecule has 0 bridgehead atoms. The molecule has 0 saturated carbocycles. The Morgan fingerprint density at radius 1 is 1.00 bits per heavy atom. The Balaban J connectivity index is 2.16. The van der Waals surface area contributed by atoms with Crippen LogP contribution in [0, 0.1) is 0 Å². The highest BCUT2D eigenvalue weighted by molar-refractivity contribution is 5.95. The van der Waals surface area contributed by atoms with Crippen LogP contribution >= 0.6 is 0 Å². The van der Waals surface area contributed by atoms with Crippen molar-refractivity contribution >= 4 is 10.8 Å². The number of rotatable bonds is 3. The van der Waals surface area contributed by atoms with Crippen molar-refractivity contribution in [1.29, 1.82) is 0 Å². The fourth-order valence-electron chi connectivity index (χ4n) is 2.14. The molecule has 0 aliphatic carbocycles. The molecule has 0 saturated heterocycles. The summed E-state index contributed by atoms with van der Waals surface area (Å²) in [6.07, 6.45) is 3.41. The predicted octanol–water partition coefficient (Wildman–Crippen LogP) is 3.70. The molecular weight excluding hydrogens is 236 g/mol. The Labute approximate surface area is 111 Å². The summed E-state index contributed by atoms with van der Waals surface area (Å²) in [5.74, 6) is 0.563. The standard InChI is InChI=1S/C16H14N2O/c1-2-19-16-11-17-10-15(18-16)14-9-5-7-12-6-3-4-8-13(12)14/h3-11H,2H2,1H3. The van der Waals surface area contributed by atoms with Gasteiger partial charge in [0, 0.05) is 5.56 Å². The van der Waals surface area contributed by atoms with Gasteiger partial charge < -0.3 is 4.74 Å². The Morgan fingerprint density at radius 2 is 1.84 bits per heavy atom. The highest BCUT2D eigenvalue weighted by Gasteiger charge is 2.06. The minimum absolute atomic E-state index is 0.563. The van der Waals surface area contributed by atoms with Gasteiger partial charge in [0.2, 0.25) is 5.88 Å². The zero-order valence-corrected chi connectivity index (χ0v) is 10.7. The van der Waals surface area contributed by atoms with E-state index in [0.29, 0.717) is 12.5 Å². The smallest absolute Gasteiger partial charge is 0.232 e. The first-order valence-electron chi connectivity index (χ1n) is 6.31. The summed E-state index contributed by atoms with van der Waals surface area (Å²) in [4.78, 5) is 8.70. The Hall–Kier alpha value is -2.42. The number of benzene rings is 2. The summed E-state index contributed by atoms with van der Waals surface area (Å²) in [6, 6.07) is 14.5. The summed E-state index contributed by atoms with van der Waals surface area (Å²) >= 11 is 0. The first-order chi connectivity index (χ1) is 9.38. The van der Waals surface area contributed by atoms with E-state index in [1.165, 1.54) is 10.8 Å². The molecule has 1 aromatic heterocycles. The molecule has 0 fully saturated rings. The molecule has 0 spiro atoms. The molecule has 0 aliphatic rings. The molecule has 3 aromatic rings. The van der Waals surface area contributed by atoms with Crippen LogP contribution in [-0.2, 0) is 0 Å². The number of ether oxygens (including phenoxy) is 1. The van der Waals surface area contributed by atoms with Gasteiger partial charge in [-0.3, -0.25) is 4.98 Å².